The van der Waals surface area contributed by atoms with E-state index in [0.29, 0.717) is 5.88 Å². The van der Waals surface area contributed by atoms with Crippen LogP contribution in [0.25, 0.3) is 6.08 Å². The third kappa shape index (κ3) is 2.35. The minimum absolute atomic E-state index is 0.557. The van der Waals surface area contributed by atoms with Crippen molar-refractivity contribution in [2.45, 2.75) is 6.92 Å². The zero-order valence-electron chi connectivity index (χ0n) is 6.42. The van der Waals surface area contributed by atoms with E-state index in [0.717, 1.165) is 0 Å². The Balaban J connectivity index is 2.86. The molecule has 11 heavy (non-hydrogen) atoms. The van der Waals surface area contributed by atoms with Crippen molar-refractivity contribution in [2.75, 3.05) is 5.88 Å². The van der Waals surface area contributed by atoms with Gasteiger partial charge in [0.2, 0.25) is 0 Å². The number of alkyl halides is 1. The first-order chi connectivity index (χ1) is 5.34. The van der Waals surface area contributed by atoms with E-state index in [1.54, 1.807) is 6.20 Å². The molecule has 0 bridgehead atoms. The van der Waals surface area contributed by atoms with Gasteiger partial charge < -0.3 is 0 Å². The van der Waals surface area contributed by atoms with Gasteiger partial charge in [-0.2, -0.15) is 0 Å². The third-order valence-electron chi connectivity index (χ3n) is 1.45. The molecule has 1 nitrogen and oxygen atoms in total. The number of rotatable bonds is 2. The first kappa shape index (κ1) is 8.28. The second kappa shape index (κ2) is 4.14. The van der Waals surface area contributed by atoms with Crippen LogP contribution in [0.3, 0.4) is 0 Å². The summed E-state index contributed by atoms with van der Waals surface area (Å²) in [6.07, 6.45) is 7.54. The predicted octanol–water partition coefficient (Wildman–Crippen LogP) is 2.64. The zero-order chi connectivity index (χ0) is 8.10. The summed E-state index contributed by atoms with van der Waals surface area (Å²) >= 11 is 5.50. The minimum atomic E-state index is 0.557. The van der Waals surface area contributed by atoms with E-state index in [4.69, 9.17) is 11.6 Å². The molecular formula is C9H10ClN. The van der Waals surface area contributed by atoms with Gasteiger partial charge in [-0.25, -0.2) is 0 Å². The van der Waals surface area contributed by atoms with Gasteiger partial charge in [-0.15, -0.1) is 11.6 Å². The summed E-state index contributed by atoms with van der Waals surface area (Å²) in [4.78, 5) is 3.99. The summed E-state index contributed by atoms with van der Waals surface area (Å²) in [7, 11) is 0. The van der Waals surface area contributed by atoms with Crippen LogP contribution >= 0.6 is 11.6 Å². The van der Waals surface area contributed by atoms with Gasteiger partial charge in [-0.1, -0.05) is 12.2 Å². The number of hydrogen-bond donors (Lipinski definition) is 0. The van der Waals surface area contributed by atoms with Crippen LogP contribution in [0.1, 0.15) is 11.1 Å². The number of pyridine rings is 1. The van der Waals surface area contributed by atoms with Crippen LogP contribution in [0, 0.1) is 6.92 Å². The molecule has 0 amide bonds. The Labute approximate surface area is 71.7 Å². The minimum Gasteiger partial charge on any atom is -0.264 e. The third-order valence-corrected chi connectivity index (χ3v) is 1.63. The van der Waals surface area contributed by atoms with Crippen molar-refractivity contribution in [3.8, 4) is 0 Å². The molecule has 2 heteroatoms. The molecule has 0 aliphatic carbocycles. The number of halogens is 1. The van der Waals surface area contributed by atoms with Gasteiger partial charge in [0, 0.05) is 18.3 Å². The molecule has 0 aliphatic rings. The Kier molecular flexibility index (Phi) is 3.12. The van der Waals surface area contributed by atoms with Crippen LogP contribution < -0.4 is 0 Å². The summed E-state index contributed by atoms with van der Waals surface area (Å²) in [5.74, 6) is 0.557. The first-order valence-corrected chi connectivity index (χ1v) is 4.01. The fourth-order valence-electron chi connectivity index (χ4n) is 0.843. The fourth-order valence-corrected chi connectivity index (χ4v) is 0.932. The normalized spacial score (nSPS) is 10.7. The molecular weight excluding hydrogens is 158 g/mol. The van der Waals surface area contributed by atoms with Gasteiger partial charge in [0.25, 0.3) is 0 Å². The molecule has 0 unspecified atom stereocenters. The largest absolute Gasteiger partial charge is 0.264 e. The Morgan fingerprint density at radius 2 is 2.45 bits per heavy atom. The number of hydrogen-bond acceptors (Lipinski definition) is 1. The summed E-state index contributed by atoms with van der Waals surface area (Å²) < 4.78 is 0. The van der Waals surface area contributed by atoms with Crippen molar-refractivity contribution >= 4 is 17.7 Å². The van der Waals surface area contributed by atoms with Crippen LogP contribution in [0.5, 0.6) is 0 Å². The predicted molar refractivity (Wildman–Crippen MR) is 48.7 cm³/mol. The lowest BCUT2D eigenvalue weighted by atomic mass is 10.1. The highest BCUT2D eigenvalue weighted by Crippen LogP contribution is 2.06. The lowest BCUT2D eigenvalue weighted by Gasteiger charge is -1.95. The molecule has 1 rings (SSSR count). The molecule has 0 N–H and O–H groups in total. The summed E-state index contributed by atoms with van der Waals surface area (Å²) in [5, 5.41) is 0. The van der Waals surface area contributed by atoms with Crippen molar-refractivity contribution in [3.63, 3.8) is 0 Å². The molecule has 0 aromatic carbocycles. The maximum atomic E-state index is 5.50. The molecule has 0 fully saturated rings. The lowest BCUT2D eigenvalue weighted by Crippen LogP contribution is -1.80. The molecule has 0 aliphatic heterocycles. The maximum Gasteiger partial charge on any atom is 0.0407 e. The van der Waals surface area contributed by atoms with Crippen LogP contribution in [0.4, 0.5) is 0 Å². The van der Waals surface area contributed by atoms with E-state index in [-0.39, 0.29) is 0 Å². The van der Waals surface area contributed by atoms with Crippen LogP contribution in [-0.2, 0) is 0 Å². The quantitative estimate of drug-likeness (QED) is 0.618. The maximum absolute atomic E-state index is 5.50. The second-order valence-electron chi connectivity index (χ2n) is 2.29. The smallest absolute Gasteiger partial charge is 0.0407 e. The summed E-state index contributed by atoms with van der Waals surface area (Å²) in [6, 6.07) is 1.97. The molecule has 0 atom stereocenters. The van der Waals surface area contributed by atoms with E-state index in [2.05, 4.69) is 4.98 Å². The van der Waals surface area contributed by atoms with E-state index >= 15 is 0 Å². The number of nitrogens with zero attached hydrogens (tertiary/aromatic N) is 1. The Morgan fingerprint density at radius 3 is 3.09 bits per heavy atom. The average Bonchev–Trinajstić information content (AvgIpc) is 2.03. The van der Waals surface area contributed by atoms with E-state index in [1.807, 2.05) is 31.3 Å². The highest BCUT2D eigenvalue weighted by Gasteiger charge is 1.89. The number of aromatic nitrogens is 1. The first-order valence-electron chi connectivity index (χ1n) is 3.47. The lowest BCUT2D eigenvalue weighted by molar-refractivity contribution is 1.26. The van der Waals surface area contributed by atoms with Gasteiger partial charge in [-0.3, -0.25) is 4.98 Å². The molecule has 1 aromatic rings. The summed E-state index contributed by atoms with van der Waals surface area (Å²) in [5.41, 5.74) is 2.36. The zero-order valence-corrected chi connectivity index (χ0v) is 7.17. The number of aryl methyl sites for hydroxylation is 1. The monoisotopic (exact) mass is 167 g/mol. The molecule has 0 saturated heterocycles. The van der Waals surface area contributed by atoms with Gasteiger partial charge in [0.05, 0.1) is 0 Å². The van der Waals surface area contributed by atoms with Crippen molar-refractivity contribution in [1.82, 2.24) is 4.98 Å². The Bertz CT molecular complexity index is 255. The molecule has 0 radical (unpaired) electrons. The van der Waals surface area contributed by atoms with Gasteiger partial charge in [0.1, 0.15) is 0 Å². The molecule has 0 spiro atoms. The van der Waals surface area contributed by atoms with Gasteiger partial charge in [0.15, 0.2) is 0 Å². The van der Waals surface area contributed by atoms with Crippen LogP contribution in [0.2, 0.25) is 0 Å². The van der Waals surface area contributed by atoms with Crippen molar-refractivity contribution < 1.29 is 0 Å². The topological polar surface area (TPSA) is 12.9 Å². The Morgan fingerprint density at radius 1 is 1.64 bits per heavy atom. The van der Waals surface area contributed by atoms with Gasteiger partial charge in [-0.05, 0) is 24.1 Å². The van der Waals surface area contributed by atoms with Crippen LogP contribution in [0.15, 0.2) is 24.5 Å². The van der Waals surface area contributed by atoms with Crippen molar-refractivity contribution in [2.24, 2.45) is 0 Å². The average molecular weight is 168 g/mol. The summed E-state index contributed by atoms with van der Waals surface area (Å²) in [6.45, 7) is 2.03. The highest BCUT2D eigenvalue weighted by molar-refractivity contribution is 6.19. The second-order valence-corrected chi connectivity index (χ2v) is 2.60. The van der Waals surface area contributed by atoms with Crippen LogP contribution in [-0.4, -0.2) is 10.9 Å². The van der Waals surface area contributed by atoms with E-state index in [1.165, 1.54) is 11.1 Å². The molecule has 58 valence electrons. The van der Waals surface area contributed by atoms with Gasteiger partial charge >= 0.3 is 0 Å². The van der Waals surface area contributed by atoms with E-state index < -0.39 is 0 Å². The Hall–Kier alpha value is -0.820. The molecule has 1 heterocycles. The van der Waals surface area contributed by atoms with Crippen molar-refractivity contribution in [3.05, 3.63) is 35.7 Å². The molecule has 0 saturated carbocycles. The number of allylic oxidation sites excluding steroid dienone is 1. The molecule has 1 aromatic heterocycles. The fraction of sp³-hybridized carbons (Fsp3) is 0.222. The van der Waals surface area contributed by atoms with Crippen molar-refractivity contribution in [1.29, 1.82) is 0 Å². The highest BCUT2D eigenvalue weighted by atomic mass is 35.5. The van der Waals surface area contributed by atoms with E-state index in [9.17, 15) is 0 Å². The SMILES string of the molecule is Cc1cnccc1C=CCCl. The standard InChI is InChI=1S/C9H10ClN/c1-8-7-11-6-4-9(8)3-2-5-10/h2-4,6-7H,5H2,1H3.